The van der Waals surface area contributed by atoms with Crippen molar-refractivity contribution < 1.29 is 18.8 Å². The third kappa shape index (κ3) is 4.27. The molecule has 0 atom stereocenters. The van der Waals surface area contributed by atoms with E-state index in [4.69, 9.17) is 9.26 Å². The van der Waals surface area contributed by atoms with E-state index in [2.05, 4.69) is 24.3 Å². The lowest BCUT2D eigenvalue weighted by Gasteiger charge is -2.08. The first-order valence-electron chi connectivity index (χ1n) is 8.41. The van der Waals surface area contributed by atoms with Crippen molar-refractivity contribution in [2.45, 2.75) is 26.2 Å². The highest BCUT2D eigenvalue weighted by atomic mass is 16.5. The number of carbonyl (C=O) groups excluding carboxylic acids is 2. The summed E-state index contributed by atoms with van der Waals surface area (Å²) in [7, 11) is 0. The van der Waals surface area contributed by atoms with E-state index in [9.17, 15) is 9.59 Å². The van der Waals surface area contributed by atoms with Crippen molar-refractivity contribution in [3.8, 4) is 0 Å². The SMILES string of the molecule is CC(C)c1ccc(NC(=O)COC(=O)Cc2noc3ccccc23)cc1. The number of amides is 1. The van der Waals surface area contributed by atoms with Crippen LogP contribution in [0.1, 0.15) is 31.0 Å². The maximum absolute atomic E-state index is 11.9. The highest BCUT2D eigenvalue weighted by Crippen LogP contribution is 2.19. The van der Waals surface area contributed by atoms with Gasteiger partial charge in [0.25, 0.3) is 5.91 Å². The smallest absolute Gasteiger partial charge is 0.312 e. The van der Waals surface area contributed by atoms with Crippen LogP contribution in [0.25, 0.3) is 11.0 Å². The Balaban J connectivity index is 1.50. The number of esters is 1. The van der Waals surface area contributed by atoms with Gasteiger partial charge in [0.05, 0.1) is 6.42 Å². The Morgan fingerprint density at radius 3 is 2.58 bits per heavy atom. The van der Waals surface area contributed by atoms with Crippen molar-refractivity contribution in [3.63, 3.8) is 0 Å². The van der Waals surface area contributed by atoms with Crippen LogP contribution in [-0.2, 0) is 20.7 Å². The first kappa shape index (κ1) is 17.7. The van der Waals surface area contributed by atoms with Gasteiger partial charge >= 0.3 is 5.97 Å². The highest BCUT2D eigenvalue weighted by molar-refractivity contribution is 5.93. The molecule has 1 aromatic heterocycles. The zero-order valence-electron chi connectivity index (χ0n) is 14.7. The first-order chi connectivity index (χ1) is 12.5. The van der Waals surface area contributed by atoms with Gasteiger partial charge in [0.1, 0.15) is 5.69 Å². The molecule has 0 spiro atoms. The molecule has 26 heavy (non-hydrogen) atoms. The van der Waals surface area contributed by atoms with Crippen molar-refractivity contribution in [3.05, 3.63) is 59.8 Å². The van der Waals surface area contributed by atoms with Gasteiger partial charge in [-0.15, -0.1) is 0 Å². The lowest BCUT2D eigenvalue weighted by molar-refractivity contribution is -0.146. The van der Waals surface area contributed by atoms with Crippen LogP contribution in [0.3, 0.4) is 0 Å². The predicted molar refractivity (Wildman–Crippen MR) is 97.8 cm³/mol. The summed E-state index contributed by atoms with van der Waals surface area (Å²) in [6.07, 6.45) is -0.0482. The van der Waals surface area contributed by atoms with Gasteiger partial charge in [0, 0.05) is 11.1 Å². The van der Waals surface area contributed by atoms with Gasteiger partial charge in [-0.05, 0) is 35.7 Å². The van der Waals surface area contributed by atoms with Gasteiger partial charge < -0.3 is 14.6 Å². The van der Waals surface area contributed by atoms with Gasteiger partial charge in [0.2, 0.25) is 0 Å². The van der Waals surface area contributed by atoms with Gasteiger partial charge in [-0.3, -0.25) is 9.59 Å². The molecule has 0 unspecified atom stereocenters. The topological polar surface area (TPSA) is 81.4 Å². The van der Waals surface area contributed by atoms with E-state index in [0.717, 1.165) is 5.39 Å². The van der Waals surface area contributed by atoms with Crippen LogP contribution >= 0.6 is 0 Å². The lowest BCUT2D eigenvalue weighted by Crippen LogP contribution is -2.21. The number of carbonyl (C=O) groups is 2. The van der Waals surface area contributed by atoms with Crippen LogP contribution in [0.5, 0.6) is 0 Å². The molecular weight excluding hydrogens is 332 g/mol. The van der Waals surface area contributed by atoms with Crippen LogP contribution < -0.4 is 5.32 Å². The molecule has 1 heterocycles. The summed E-state index contributed by atoms with van der Waals surface area (Å²) in [5, 5.41) is 7.34. The average molecular weight is 352 g/mol. The summed E-state index contributed by atoms with van der Waals surface area (Å²) in [5.41, 5.74) is 2.96. The summed E-state index contributed by atoms with van der Waals surface area (Å²) >= 11 is 0. The maximum Gasteiger partial charge on any atom is 0.312 e. The predicted octanol–water partition coefficient (Wildman–Crippen LogP) is 3.68. The van der Waals surface area contributed by atoms with Gasteiger partial charge in [-0.1, -0.05) is 43.3 Å². The molecule has 0 aliphatic rings. The minimum absolute atomic E-state index is 0.0482. The summed E-state index contributed by atoms with van der Waals surface area (Å²) in [6.45, 7) is 3.86. The Morgan fingerprint density at radius 2 is 1.85 bits per heavy atom. The van der Waals surface area contributed by atoms with Crippen molar-refractivity contribution in [1.82, 2.24) is 5.16 Å². The summed E-state index contributed by atoms with van der Waals surface area (Å²) in [5.74, 6) is -0.497. The number of ether oxygens (including phenoxy) is 1. The largest absolute Gasteiger partial charge is 0.455 e. The number of hydrogen-bond acceptors (Lipinski definition) is 5. The molecule has 0 fully saturated rings. The zero-order valence-corrected chi connectivity index (χ0v) is 14.7. The fourth-order valence-electron chi connectivity index (χ4n) is 2.55. The van der Waals surface area contributed by atoms with Gasteiger partial charge in [-0.2, -0.15) is 0 Å². The van der Waals surface area contributed by atoms with E-state index in [0.29, 0.717) is 22.9 Å². The molecule has 1 N–H and O–H groups in total. The molecule has 1 amide bonds. The monoisotopic (exact) mass is 352 g/mol. The molecule has 0 saturated heterocycles. The Kier molecular flexibility index (Phi) is 5.31. The van der Waals surface area contributed by atoms with E-state index >= 15 is 0 Å². The van der Waals surface area contributed by atoms with Gasteiger partial charge in [-0.25, -0.2) is 0 Å². The summed E-state index contributed by atoms with van der Waals surface area (Å²) in [4.78, 5) is 23.9. The molecule has 0 aliphatic heterocycles. The maximum atomic E-state index is 11.9. The number of aromatic nitrogens is 1. The van der Waals surface area contributed by atoms with E-state index in [1.54, 1.807) is 6.07 Å². The normalized spacial score (nSPS) is 10.9. The Hall–Kier alpha value is -3.15. The Labute approximate surface area is 151 Å². The fraction of sp³-hybridized carbons (Fsp3) is 0.250. The zero-order chi connectivity index (χ0) is 18.5. The third-order valence-electron chi connectivity index (χ3n) is 3.99. The van der Waals surface area contributed by atoms with E-state index in [1.807, 2.05) is 42.5 Å². The van der Waals surface area contributed by atoms with Crippen LogP contribution in [-0.4, -0.2) is 23.6 Å². The van der Waals surface area contributed by atoms with Gasteiger partial charge in [0.15, 0.2) is 12.2 Å². The Morgan fingerprint density at radius 1 is 1.12 bits per heavy atom. The Bertz CT molecular complexity index is 913. The molecule has 0 saturated carbocycles. The molecule has 0 radical (unpaired) electrons. The first-order valence-corrected chi connectivity index (χ1v) is 8.41. The number of nitrogens with one attached hydrogen (secondary N) is 1. The van der Waals surface area contributed by atoms with E-state index in [1.165, 1.54) is 5.56 Å². The average Bonchev–Trinajstić information content (AvgIpc) is 3.03. The van der Waals surface area contributed by atoms with Crippen LogP contribution in [0.15, 0.2) is 53.1 Å². The number of para-hydroxylation sites is 1. The number of nitrogens with zero attached hydrogens (tertiary/aromatic N) is 1. The number of hydrogen-bond donors (Lipinski definition) is 1. The minimum atomic E-state index is -0.533. The molecule has 6 heteroatoms. The third-order valence-corrected chi connectivity index (χ3v) is 3.99. The second kappa shape index (κ2) is 7.82. The van der Waals surface area contributed by atoms with Crippen molar-refractivity contribution in [2.75, 3.05) is 11.9 Å². The second-order valence-electron chi connectivity index (χ2n) is 6.29. The molecule has 0 aliphatic carbocycles. The van der Waals surface area contributed by atoms with Crippen LogP contribution in [0.2, 0.25) is 0 Å². The standard InChI is InChI=1S/C20H20N2O4/c1-13(2)14-7-9-15(10-8-14)21-19(23)12-25-20(24)11-17-16-5-3-4-6-18(16)26-22-17/h3-10,13H,11-12H2,1-2H3,(H,21,23). The van der Waals surface area contributed by atoms with Crippen molar-refractivity contribution in [1.29, 1.82) is 0 Å². The molecule has 0 bridgehead atoms. The molecule has 3 rings (SSSR count). The summed E-state index contributed by atoms with van der Waals surface area (Å²) in [6, 6.07) is 14.8. The number of benzene rings is 2. The van der Waals surface area contributed by atoms with Crippen molar-refractivity contribution >= 4 is 28.5 Å². The molecule has 134 valence electrons. The molecule has 2 aromatic carbocycles. The van der Waals surface area contributed by atoms with E-state index < -0.39 is 5.97 Å². The quantitative estimate of drug-likeness (QED) is 0.685. The fourth-order valence-corrected chi connectivity index (χ4v) is 2.55. The highest BCUT2D eigenvalue weighted by Gasteiger charge is 2.14. The lowest BCUT2D eigenvalue weighted by atomic mass is 10.0. The van der Waals surface area contributed by atoms with E-state index in [-0.39, 0.29) is 18.9 Å². The van der Waals surface area contributed by atoms with Crippen molar-refractivity contribution in [2.24, 2.45) is 0 Å². The molecular formula is C20H20N2O4. The minimum Gasteiger partial charge on any atom is -0.455 e. The number of anilines is 1. The number of rotatable bonds is 6. The van der Waals surface area contributed by atoms with Crippen LogP contribution in [0, 0.1) is 0 Å². The number of fused-ring (bicyclic) bond motifs is 1. The molecule has 6 nitrogen and oxygen atoms in total. The molecule has 3 aromatic rings. The summed E-state index contributed by atoms with van der Waals surface area (Å²) < 4.78 is 10.2. The second-order valence-corrected chi connectivity index (χ2v) is 6.29. The van der Waals surface area contributed by atoms with Crippen LogP contribution in [0.4, 0.5) is 5.69 Å².